The average molecular weight is 516 g/mol. The van der Waals surface area contributed by atoms with Gasteiger partial charge in [-0.1, -0.05) is 49.2 Å². The normalized spacial score (nSPS) is 28.1. The van der Waals surface area contributed by atoms with Crippen LogP contribution in [0.5, 0.6) is 5.88 Å². The van der Waals surface area contributed by atoms with Gasteiger partial charge >= 0.3 is 0 Å². The van der Waals surface area contributed by atoms with Gasteiger partial charge in [-0.15, -0.1) is 0 Å². The van der Waals surface area contributed by atoms with Crippen LogP contribution in [0, 0.1) is 23.2 Å². The SMILES string of the molecule is CCC[C@]12CC[C@](CCOc3ccc(Cl)cn3)(O1)[C@@H]1C(=O)N(c3ccc(C#N)c4ccccc34)C(=O)[C@@H]12. The van der Waals surface area contributed by atoms with Gasteiger partial charge in [0.2, 0.25) is 17.7 Å². The summed E-state index contributed by atoms with van der Waals surface area (Å²) in [6, 6.07) is 16.4. The molecule has 7 nitrogen and oxygen atoms in total. The largest absolute Gasteiger partial charge is 0.478 e. The van der Waals surface area contributed by atoms with E-state index in [1.54, 1.807) is 24.3 Å². The third-order valence-electron chi connectivity index (χ3n) is 8.23. The van der Waals surface area contributed by atoms with E-state index in [9.17, 15) is 14.9 Å². The monoisotopic (exact) mass is 515 g/mol. The number of nitrogens with zero attached hydrogens (tertiary/aromatic N) is 3. The number of amides is 2. The van der Waals surface area contributed by atoms with Gasteiger partial charge in [0.25, 0.3) is 0 Å². The van der Waals surface area contributed by atoms with E-state index in [0.29, 0.717) is 47.0 Å². The number of ether oxygens (including phenoxy) is 2. The summed E-state index contributed by atoms with van der Waals surface area (Å²) in [4.78, 5) is 33.7. The van der Waals surface area contributed by atoms with Crippen LogP contribution in [0.2, 0.25) is 5.02 Å². The van der Waals surface area contributed by atoms with Crippen LogP contribution in [-0.4, -0.2) is 34.6 Å². The van der Waals surface area contributed by atoms with Crippen molar-refractivity contribution in [3.05, 3.63) is 65.3 Å². The summed E-state index contributed by atoms with van der Waals surface area (Å²) in [5, 5.41) is 11.5. The van der Waals surface area contributed by atoms with Crippen molar-refractivity contribution in [3.8, 4) is 11.9 Å². The highest BCUT2D eigenvalue weighted by Crippen LogP contribution is 2.64. The van der Waals surface area contributed by atoms with Crippen molar-refractivity contribution in [1.29, 1.82) is 5.26 Å². The zero-order valence-electron chi connectivity index (χ0n) is 20.4. The van der Waals surface area contributed by atoms with Gasteiger partial charge in [-0.05, 0) is 37.5 Å². The maximum absolute atomic E-state index is 14.1. The number of hydrogen-bond donors (Lipinski definition) is 0. The Kier molecular flexibility index (Phi) is 5.70. The van der Waals surface area contributed by atoms with Crippen molar-refractivity contribution in [2.45, 2.75) is 50.2 Å². The Hall–Kier alpha value is -3.47. The van der Waals surface area contributed by atoms with Crippen molar-refractivity contribution in [2.75, 3.05) is 11.5 Å². The molecule has 6 rings (SSSR count). The Morgan fingerprint density at radius 1 is 1.05 bits per heavy atom. The summed E-state index contributed by atoms with van der Waals surface area (Å²) in [7, 11) is 0. The lowest BCUT2D eigenvalue weighted by molar-refractivity contribution is -0.132. The van der Waals surface area contributed by atoms with Gasteiger partial charge in [-0.2, -0.15) is 5.26 Å². The van der Waals surface area contributed by atoms with Crippen molar-refractivity contribution in [1.82, 2.24) is 4.98 Å². The van der Waals surface area contributed by atoms with Crippen molar-refractivity contribution < 1.29 is 19.1 Å². The molecule has 8 heteroatoms. The quantitative estimate of drug-likeness (QED) is 0.389. The number of nitriles is 1. The van der Waals surface area contributed by atoms with E-state index in [1.807, 2.05) is 24.3 Å². The molecule has 1 aromatic heterocycles. The maximum atomic E-state index is 14.1. The Morgan fingerprint density at radius 2 is 1.76 bits per heavy atom. The highest BCUT2D eigenvalue weighted by atomic mass is 35.5. The summed E-state index contributed by atoms with van der Waals surface area (Å²) < 4.78 is 12.6. The van der Waals surface area contributed by atoms with E-state index in [2.05, 4.69) is 18.0 Å². The van der Waals surface area contributed by atoms with Crippen LogP contribution in [0.1, 0.15) is 44.6 Å². The first-order valence-corrected chi connectivity index (χ1v) is 13.0. The number of hydrogen-bond acceptors (Lipinski definition) is 6. The molecule has 3 aliphatic heterocycles. The van der Waals surface area contributed by atoms with Crippen LogP contribution in [0.4, 0.5) is 5.69 Å². The molecule has 0 N–H and O–H groups in total. The molecule has 2 aromatic carbocycles. The minimum Gasteiger partial charge on any atom is -0.478 e. The van der Waals surface area contributed by atoms with E-state index in [1.165, 1.54) is 11.1 Å². The van der Waals surface area contributed by atoms with Gasteiger partial charge in [-0.25, -0.2) is 9.88 Å². The van der Waals surface area contributed by atoms with Gasteiger partial charge in [0.05, 0.1) is 52.0 Å². The van der Waals surface area contributed by atoms with E-state index in [-0.39, 0.29) is 11.8 Å². The summed E-state index contributed by atoms with van der Waals surface area (Å²) in [5.41, 5.74) is -0.381. The number of pyridine rings is 1. The number of imide groups is 1. The molecule has 3 aromatic rings. The lowest BCUT2D eigenvalue weighted by atomic mass is 9.65. The molecule has 3 aliphatic rings. The second-order valence-electron chi connectivity index (χ2n) is 10.2. The molecular formula is C29H26ClN3O4. The molecule has 0 saturated carbocycles. The van der Waals surface area contributed by atoms with E-state index in [4.69, 9.17) is 21.1 Å². The second kappa shape index (κ2) is 8.83. The zero-order valence-corrected chi connectivity index (χ0v) is 21.2. The maximum Gasteiger partial charge on any atom is 0.240 e. The number of carbonyl (C=O) groups is 2. The van der Waals surface area contributed by atoms with Crippen LogP contribution in [0.3, 0.4) is 0 Å². The molecule has 2 amide bonds. The standard InChI is InChI=1S/C29H26ClN3O4/c1-2-11-28-12-13-29(37-28,14-15-36-23-10-8-19(30)17-32-23)25-24(28)26(34)33(27(25)35)22-9-7-18(16-31)20-5-3-4-6-21(20)22/h3-10,17,24-25H,2,11-15H2,1H3/t24-,25+,28-,29-/m1/s1. The molecule has 37 heavy (non-hydrogen) atoms. The smallest absolute Gasteiger partial charge is 0.240 e. The van der Waals surface area contributed by atoms with Gasteiger partial charge in [-0.3, -0.25) is 9.59 Å². The fourth-order valence-electron chi connectivity index (χ4n) is 6.77. The predicted molar refractivity (Wildman–Crippen MR) is 138 cm³/mol. The molecule has 2 bridgehead atoms. The van der Waals surface area contributed by atoms with Crippen LogP contribution < -0.4 is 9.64 Å². The molecule has 188 valence electrons. The molecule has 0 aliphatic carbocycles. The predicted octanol–water partition coefficient (Wildman–Crippen LogP) is 5.44. The summed E-state index contributed by atoms with van der Waals surface area (Å²) >= 11 is 5.92. The van der Waals surface area contributed by atoms with Crippen molar-refractivity contribution >= 4 is 39.9 Å². The van der Waals surface area contributed by atoms with Crippen molar-refractivity contribution in [2.24, 2.45) is 11.8 Å². The van der Waals surface area contributed by atoms with Crippen LogP contribution in [0.15, 0.2) is 54.7 Å². The lowest BCUT2D eigenvalue weighted by Crippen LogP contribution is -2.43. The van der Waals surface area contributed by atoms with E-state index < -0.39 is 23.0 Å². The van der Waals surface area contributed by atoms with Gasteiger partial charge < -0.3 is 9.47 Å². The number of halogens is 1. The van der Waals surface area contributed by atoms with Crippen LogP contribution in [0.25, 0.3) is 10.8 Å². The summed E-state index contributed by atoms with van der Waals surface area (Å²) in [6.45, 7) is 2.38. The minimum absolute atomic E-state index is 0.208. The first-order valence-electron chi connectivity index (χ1n) is 12.7. The third kappa shape index (κ3) is 3.54. The van der Waals surface area contributed by atoms with Crippen LogP contribution >= 0.6 is 11.6 Å². The molecule has 0 spiro atoms. The molecule has 3 fully saturated rings. The van der Waals surface area contributed by atoms with Gasteiger partial charge in [0.1, 0.15) is 0 Å². The molecule has 0 radical (unpaired) electrons. The lowest BCUT2D eigenvalue weighted by Gasteiger charge is -2.31. The summed E-state index contributed by atoms with van der Waals surface area (Å²) in [5.74, 6) is -1.09. The number of aromatic nitrogens is 1. The first-order chi connectivity index (χ1) is 17.9. The van der Waals surface area contributed by atoms with Gasteiger partial charge in [0.15, 0.2) is 0 Å². The Labute approximate surface area is 219 Å². The number of benzene rings is 2. The van der Waals surface area contributed by atoms with E-state index in [0.717, 1.165) is 24.6 Å². The second-order valence-corrected chi connectivity index (χ2v) is 10.6. The topological polar surface area (TPSA) is 92.5 Å². The highest BCUT2D eigenvalue weighted by molar-refractivity contribution is 6.30. The molecule has 4 heterocycles. The van der Waals surface area contributed by atoms with Crippen LogP contribution in [-0.2, 0) is 14.3 Å². The number of fused-ring (bicyclic) bond motifs is 6. The molecule has 4 atom stereocenters. The van der Waals surface area contributed by atoms with Gasteiger partial charge in [0, 0.05) is 29.5 Å². The number of rotatable bonds is 7. The Bertz CT molecular complexity index is 1450. The average Bonchev–Trinajstić information content (AvgIpc) is 3.51. The molecule has 3 saturated heterocycles. The minimum atomic E-state index is -0.768. The first kappa shape index (κ1) is 23.9. The fraction of sp³-hybridized carbons (Fsp3) is 0.379. The highest BCUT2D eigenvalue weighted by Gasteiger charge is 2.75. The molecular weight excluding hydrogens is 490 g/mol. The Balaban J connectivity index is 1.36. The Morgan fingerprint density at radius 3 is 2.41 bits per heavy atom. The molecule has 0 unspecified atom stereocenters. The summed E-state index contributed by atoms with van der Waals surface area (Å²) in [6.07, 6.45) is 5.01. The van der Waals surface area contributed by atoms with E-state index >= 15 is 0 Å². The zero-order chi connectivity index (χ0) is 25.8. The number of carbonyl (C=O) groups excluding carboxylic acids is 2. The third-order valence-corrected chi connectivity index (χ3v) is 8.45. The number of anilines is 1. The van der Waals surface area contributed by atoms with Crippen molar-refractivity contribution in [3.63, 3.8) is 0 Å². The fourth-order valence-corrected chi connectivity index (χ4v) is 6.88.